The van der Waals surface area contributed by atoms with Crippen molar-refractivity contribution in [3.8, 4) is 0 Å². The summed E-state index contributed by atoms with van der Waals surface area (Å²) in [5, 5.41) is 6.02. The molecule has 7 nitrogen and oxygen atoms in total. The largest absolute Gasteiger partial charge is 0.377 e. The maximum atomic E-state index is 12.9. The molecular weight excluding hydrogens is 392 g/mol. The van der Waals surface area contributed by atoms with E-state index in [9.17, 15) is 9.59 Å². The first-order valence-corrected chi connectivity index (χ1v) is 11.2. The lowest BCUT2D eigenvalue weighted by molar-refractivity contribution is -0.117. The van der Waals surface area contributed by atoms with Crippen LogP contribution in [0, 0.1) is 5.41 Å². The minimum atomic E-state index is -0.0997. The number of hydrogen-bond acceptors (Lipinski definition) is 4. The summed E-state index contributed by atoms with van der Waals surface area (Å²) in [7, 11) is 3.96. The number of nitrogens with one attached hydrogen (secondary N) is 2. The van der Waals surface area contributed by atoms with E-state index < -0.39 is 0 Å². The Bertz CT molecular complexity index is 750. The summed E-state index contributed by atoms with van der Waals surface area (Å²) in [6.45, 7) is 11.8. The van der Waals surface area contributed by atoms with Gasteiger partial charge < -0.3 is 25.2 Å². The predicted molar refractivity (Wildman–Crippen MR) is 127 cm³/mol. The van der Waals surface area contributed by atoms with Crippen LogP contribution in [0.3, 0.4) is 0 Å². The number of carbonyl (C=O) groups excluding carboxylic acids is 2. The van der Waals surface area contributed by atoms with Gasteiger partial charge in [0.15, 0.2) is 0 Å². The standard InChI is InChI=1S/C24H40N4O3/c1-17(2)25-23(30)28(16-20-9-8-12-31-20)15-18-13-19(10-11-21(18)27(6)7)26-22(29)14-24(3,4)5/h10-11,13,17,20H,8-9,12,14-16H2,1-7H3,(H,25,30)(H,26,29). The van der Waals surface area contributed by atoms with Crippen molar-refractivity contribution in [3.63, 3.8) is 0 Å². The van der Waals surface area contributed by atoms with Crippen molar-refractivity contribution in [2.24, 2.45) is 5.41 Å². The fourth-order valence-electron chi connectivity index (χ4n) is 3.71. The van der Waals surface area contributed by atoms with Crippen molar-refractivity contribution in [1.29, 1.82) is 0 Å². The van der Waals surface area contributed by atoms with Gasteiger partial charge in [0.05, 0.1) is 6.10 Å². The lowest BCUT2D eigenvalue weighted by atomic mass is 9.92. The second-order valence-electron chi connectivity index (χ2n) is 10.1. The average molecular weight is 433 g/mol. The summed E-state index contributed by atoms with van der Waals surface area (Å²) in [6.07, 6.45) is 2.51. The minimum Gasteiger partial charge on any atom is -0.377 e. The van der Waals surface area contributed by atoms with Gasteiger partial charge in [-0.3, -0.25) is 4.79 Å². The molecule has 1 heterocycles. The SMILES string of the molecule is CC(C)NC(=O)N(Cc1cc(NC(=O)CC(C)(C)C)ccc1N(C)C)CC1CCCO1. The Morgan fingerprint density at radius 2 is 1.94 bits per heavy atom. The molecule has 1 aliphatic rings. The number of urea groups is 1. The molecule has 31 heavy (non-hydrogen) atoms. The Morgan fingerprint density at radius 1 is 1.23 bits per heavy atom. The maximum Gasteiger partial charge on any atom is 0.317 e. The van der Waals surface area contributed by atoms with Crippen LogP contribution in [-0.2, 0) is 16.1 Å². The highest BCUT2D eigenvalue weighted by atomic mass is 16.5. The third-order valence-electron chi connectivity index (χ3n) is 5.04. The topological polar surface area (TPSA) is 73.9 Å². The fourth-order valence-corrected chi connectivity index (χ4v) is 3.71. The van der Waals surface area contributed by atoms with Crippen LogP contribution in [0.2, 0.25) is 0 Å². The Labute approximate surface area is 187 Å². The number of nitrogens with zero attached hydrogens (tertiary/aromatic N) is 2. The molecule has 0 bridgehead atoms. The third-order valence-corrected chi connectivity index (χ3v) is 5.04. The molecule has 1 atom stereocenters. The molecule has 0 saturated carbocycles. The smallest absolute Gasteiger partial charge is 0.317 e. The third kappa shape index (κ3) is 8.40. The zero-order valence-corrected chi connectivity index (χ0v) is 20.2. The van der Waals surface area contributed by atoms with E-state index in [4.69, 9.17) is 4.74 Å². The molecule has 1 aromatic rings. The molecule has 174 valence electrons. The molecule has 3 amide bonds. The van der Waals surface area contributed by atoms with Crippen molar-refractivity contribution in [2.75, 3.05) is 37.5 Å². The molecule has 7 heteroatoms. The number of benzene rings is 1. The monoisotopic (exact) mass is 432 g/mol. The Hall–Kier alpha value is -2.28. The molecule has 1 saturated heterocycles. The van der Waals surface area contributed by atoms with Crippen molar-refractivity contribution < 1.29 is 14.3 Å². The normalized spacial score (nSPS) is 16.3. The average Bonchev–Trinajstić information content (AvgIpc) is 3.12. The van der Waals surface area contributed by atoms with E-state index in [1.807, 2.05) is 76.7 Å². The molecule has 2 N–H and O–H groups in total. The number of rotatable bonds is 8. The number of hydrogen-bond donors (Lipinski definition) is 2. The zero-order chi connectivity index (χ0) is 23.2. The number of ether oxygens (including phenoxy) is 1. The van der Waals surface area contributed by atoms with Crippen molar-refractivity contribution in [3.05, 3.63) is 23.8 Å². The van der Waals surface area contributed by atoms with E-state index in [1.165, 1.54) is 0 Å². The van der Waals surface area contributed by atoms with Crippen molar-refractivity contribution in [1.82, 2.24) is 10.2 Å². The van der Waals surface area contributed by atoms with Crippen LogP contribution in [-0.4, -0.2) is 56.2 Å². The Balaban J connectivity index is 2.25. The summed E-state index contributed by atoms with van der Waals surface area (Å²) in [4.78, 5) is 29.2. The lowest BCUT2D eigenvalue weighted by Crippen LogP contribution is -2.45. The van der Waals surface area contributed by atoms with Gasteiger partial charge in [-0.25, -0.2) is 4.79 Å². The highest BCUT2D eigenvalue weighted by Crippen LogP contribution is 2.26. The first-order chi connectivity index (χ1) is 14.4. The van der Waals surface area contributed by atoms with Crippen LogP contribution in [0.1, 0.15) is 59.4 Å². The van der Waals surface area contributed by atoms with Gasteiger partial charge in [0.2, 0.25) is 5.91 Å². The molecule has 1 fully saturated rings. The second-order valence-corrected chi connectivity index (χ2v) is 10.1. The van der Waals surface area contributed by atoms with E-state index in [0.29, 0.717) is 19.5 Å². The first kappa shape index (κ1) is 25.0. The molecule has 0 spiro atoms. The Morgan fingerprint density at radius 3 is 2.48 bits per heavy atom. The van der Waals surface area contributed by atoms with Gasteiger partial charge in [0, 0.05) is 57.6 Å². The van der Waals surface area contributed by atoms with Gasteiger partial charge in [0.1, 0.15) is 0 Å². The Kier molecular flexibility index (Phi) is 8.74. The second kappa shape index (κ2) is 10.8. The van der Waals surface area contributed by atoms with Gasteiger partial charge in [-0.05, 0) is 55.9 Å². The molecule has 0 aliphatic carbocycles. The molecule has 2 rings (SSSR count). The van der Waals surface area contributed by atoms with E-state index in [0.717, 1.165) is 36.4 Å². The quantitative estimate of drug-likeness (QED) is 0.645. The first-order valence-electron chi connectivity index (χ1n) is 11.2. The van der Waals surface area contributed by atoms with Gasteiger partial charge >= 0.3 is 6.03 Å². The minimum absolute atomic E-state index is 0.00943. The van der Waals surface area contributed by atoms with Crippen LogP contribution < -0.4 is 15.5 Å². The van der Waals surface area contributed by atoms with Gasteiger partial charge in [-0.1, -0.05) is 20.8 Å². The summed E-state index contributed by atoms with van der Waals surface area (Å²) < 4.78 is 5.79. The van der Waals surface area contributed by atoms with Crippen LogP contribution in [0.15, 0.2) is 18.2 Å². The highest BCUT2D eigenvalue weighted by molar-refractivity contribution is 5.91. The van der Waals surface area contributed by atoms with Gasteiger partial charge in [-0.15, -0.1) is 0 Å². The molecule has 1 unspecified atom stereocenters. The number of carbonyl (C=O) groups is 2. The predicted octanol–water partition coefficient (Wildman–Crippen LogP) is 4.23. The van der Waals surface area contributed by atoms with Crippen LogP contribution in [0.4, 0.5) is 16.2 Å². The van der Waals surface area contributed by atoms with Crippen LogP contribution in [0.25, 0.3) is 0 Å². The molecule has 0 aromatic heterocycles. The van der Waals surface area contributed by atoms with Gasteiger partial charge in [-0.2, -0.15) is 0 Å². The maximum absolute atomic E-state index is 12.9. The van der Waals surface area contributed by atoms with Crippen LogP contribution in [0.5, 0.6) is 0 Å². The van der Waals surface area contributed by atoms with Crippen LogP contribution >= 0.6 is 0 Å². The van der Waals surface area contributed by atoms with E-state index in [2.05, 4.69) is 10.6 Å². The van der Waals surface area contributed by atoms with Crippen molar-refractivity contribution in [2.45, 2.75) is 72.6 Å². The highest BCUT2D eigenvalue weighted by Gasteiger charge is 2.24. The lowest BCUT2D eigenvalue weighted by Gasteiger charge is -2.29. The van der Waals surface area contributed by atoms with E-state index in [-0.39, 0.29) is 29.5 Å². The number of amides is 3. The van der Waals surface area contributed by atoms with Gasteiger partial charge in [0.25, 0.3) is 0 Å². The van der Waals surface area contributed by atoms with Crippen molar-refractivity contribution >= 4 is 23.3 Å². The molecule has 0 radical (unpaired) electrons. The van der Waals surface area contributed by atoms with E-state index in [1.54, 1.807) is 0 Å². The fraction of sp³-hybridized carbons (Fsp3) is 0.667. The summed E-state index contributed by atoms with van der Waals surface area (Å²) in [5.74, 6) is -0.00943. The molecule has 1 aliphatic heterocycles. The molecular formula is C24H40N4O3. The summed E-state index contributed by atoms with van der Waals surface area (Å²) in [5.41, 5.74) is 2.67. The summed E-state index contributed by atoms with van der Waals surface area (Å²) in [6, 6.07) is 5.83. The summed E-state index contributed by atoms with van der Waals surface area (Å²) >= 11 is 0. The number of anilines is 2. The molecule has 1 aromatic carbocycles. The zero-order valence-electron chi connectivity index (χ0n) is 20.2. The van der Waals surface area contributed by atoms with E-state index >= 15 is 0 Å².